The van der Waals surface area contributed by atoms with Gasteiger partial charge in [0.2, 0.25) is 6.79 Å². The van der Waals surface area contributed by atoms with Crippen molar-refractivity contribution < 1.29 is 9.47 Å². The molecule has 2 heterocycles. The first kappa shape index (κ1) is 24.3. The van der Waals surface area contributed by atoms with Crippen molar-refractivity contribution in [3.8, 4) is 22.9 Å². The average Bonchev–Trinajstić information content (AvgIpc) is 3.49. The number of ether oxygens (including phenoxy) is 2. The molecule has 0 saturated carbocycles. The van der Waals surface area contributed by atoms with E-state index >= 15 is 0 Å². The first-order valence-electron chi connectivity index (χ1n) is 13.0. The van der Waals surface area contributed by atoms with E-state index in [-0.39, 0.29) is 0 Å². The summed E-state index contributed by atoms with van der Waals surface area (Å²) in [6, 6.07) is 16.9. The van der Waals surface area contributed by atoms with Crippen molar-refractivity contribution in [3.63, 3.8) is 0 Å². The van der Waals surface area contributed by atoms with Crippen LogP contribution in [0.15, 0.2) is 54.7 Å². The van der Waals surface area contributed by atoms with Crippen LogP contribution in [0.1, 0.15) is 70.1 Å². The van der Waals surface area contributed by atoms with E-state index in [0.717, 1.165) is 49.9 Å². The van der Waals surface area contributed by atoms with Crippen LogP contribution in [0, 0.1) is 0 Å². The van der Waals surface area contributed by atoms with E-state index in [9.17, 15) is 0 Å². The second-order valence-corrected chi connectivity index (χ2v) is 9.26. The molecule has 0 amide bonds. The molecule has 0 saturated heterocycles. The summed E-state index contributed by atoms with van der Waals surface area (Å²) in [6.45, 7) is 8.71. The van der Waals surface area contributed by atoms with Crippen molar-refractivity contribution in [2.45, 2.75) is 78.4 Å². The zero-order valence-electron chi connectivity index (χ0n) is 20.8. The summed E-state index contributed by atoms with van der Waals surface area (Å²) in [4.78, 5) is 7.43. The normalized spacial score (nSPS) is 12.6. The van der Waals surface area contributed by atoms with Gasteiger partial charge in [-0.1, -0.05) is 82.3 Å². The first-order chi connectivity index (χ1) is 16.8. The molecule has 34 heavy (non-hydrogen) atoms. The molecule has 0 fully saturated rings. The third kappa shape index (κ3) is 6.41. The Labute approximate surface area is 204 Å². The molecule has 0 radical (unpaired) electrons. The fourth-order valence-corrected chi connectivity index (χ4v) is 4.60. The molecule has 1 aliphatic heterocycles. The molecule has 0 atom stereocenters. The van der Waals surface area contributed by atoms with E-state index in [1.165, 1.54) is 55.3 Å². The summed E-state index contributed by atoms with van der Waals surface area (Å²) in [5, 5.41) is 0. The largest absolute Gasteiger partial charge is 0.454 e. The topological polar surface area (TPSA) is 39.5 Å². The molecule has 1 aliphatic rings. The molecule has 0 bridgehead atoms. The minimum Gasteiger partial charge on any atom is -0.454 e. The van der Waals surface area contributed by atoms with Gasteiger partial charge < -0.3 is 14.0 Å². The molecule has 0 N–H and O–H groups in total. The van der Waals surface area contributed by atoms with Crippen molar-refractivity contribution in [3.05, 3.63) is 66.0 Å². The molecule has 2 aromatic carbocycles. The number of benzene rings is 2. The second-order valence-electron chi connectivity index (χ2n) is 9.26. The van der Waals surface area contributed by atoms with Crippen LogP contribution in [0.3, 0.4) is 0 Å². The van der Waals surface area contributed by atoms with Crippen LogP contribution >= 0.6 is 0 Å². The van der Waals surface area contributed by atoms with Gasteiger partial charge in [-0.05, 0) is 37.1 Å². The van der Waals surface area contributed by atoms with Crippen LogP contribution < -0.4 is 9.47 Å². The summed E-state index contributed by atoms with van der Waals surface area (Å²) in [6.07, 6.45) is 10.8. The monoisotopic (exact) mass is 461 g/mol. The summed E-state index contributed by atoms with van der Waals surface area (Å²) in [5.74, 6) is 2.79. The van der Waals surface area contributed by atoms with Crippen molar-refractivity contribution in [2.75, 3.05) is 13.3 Å². The molecule has 182 valence electrons. The van der Waals surface area contributed by atoms with Crippen LogP contribution in [-0.4, -0.2) is 27.8 Å². The lowest BCUT2D eigenvalue weighted by atomic mass is 10.1. The van der Waals surface area contributed by atoms with Gasteiger partial charge in [0.25, 0.3) is 0 Å². The lowest BCUT2D eigenvalue weighted by molar-refractivity contribution is 0.174. The van der Waals surface area contributed by atoms with Crippen LogP contribution in [0.2, 0.25) is 0 Å². The maximum absolute atomic E-state index is 5.63. The molecule has 5 nitrogen and oxygen atoms in total. The second kappa shape index (κ2) is 12.6. The maximum atomic E-state index is 5.63. The van der Waals surface area contributed by atoms with E-state index in [2.05, 4.69) is 72.0 Å². The molecule has 0 unspecified atom stereocenters. The Morgan fingerprint density at radius 2 is 1.65 bits per heavy atom. The van der Waals surface area contributed by atoms with Crippen LogP contribution in [-0.2, 0) is 19.6 Å². The number of unbranched alkanes of at least 4 members (excludes halogenated alkanes) is 5. The van der Waals surface area contributed by atoms with E-state index in [1.54, 1.807) is 0 Å². The van der Waals surface area contributed by atoms with Gasteiger partial charge in [-0.3, -0.25) is 4.90 Å². The molecular formula is C29H39N3O2. The number of rotatable bonds is 14. The number of aromatic nitrogens is 2. The van der Waals surface area contributed by atoms with Gasteiger partial charge in [0.15, 0.2) is 11.5 Å². The fraction of sp³-hybridized carbons (Fsp3) is 0.483. The summed E-state index contributed by atoms with van der Waals surface area (Å²) < 4.78 is 13.6. The highest BCUT2D eigenvalue weighted by molar-refractivity contribution is 5.55. The Morgan fingerprint density at radius 3 is 2.47 bits per heavy atom. The van der Waals surface area contributed by atoms with Gasteiger partial charge in [-0.25, -0.2) is 4.98 Å². The van der Waals surface area contributed by atoms with Crippen molar-refractivity contribution in [1.82, 2.24) is 14.5 Å². The third-order valence-electron chi connectivity index (χ3n) is 6.51. The zero-order chi connectivity index (χ0) is 23.6. The van der Waals surface area contributed by atoms with Gasteiger partial charge in [0, 0.05) is 25.2 Å². The summed E-state index contributed by atoms with van der Waals surface area (Å²) >= 11 is 0. The molecule has 4 rings (SSSR count). The Balaban J connectivity index is 1.53. The van der Waals surface area contributed by atoms with Gasteiger partial charge in [-0.15, -0.1) is 0 Å². The number of nitrogens with zero attached hydrogens (tertiary/aromatic N) is 3. The smallest absolute Gasteiger partial charge is 0.231 e. The molecule has 0 spiro atoms. The third-order valence-corrected chi connectivity index (χ3v) is 6.51. The van der Waals surface area contributed by atoms with Gasteiger partial charge in [0.05, 0.1) is 11.9 Å². The van der Waals surface area contributed by atoms with E-state index in [4.69, 9.17) is 14.5 Å². The lowest BCUT2D eigenvalue weighted by Crippen LogP contribution is -2.25. The quantitative estimate of drug-likeness (QED) is 0.241. The number of hydrogen-bond acceptors (Lipinski definition) is 4. The number of fused-ring (bicyclic) bond motifs is 1. The van der Waals surface area contributed by atoms with E-state index in [1.807, 2.05) is 6.07 Å². The van der Waals surface area contributed by atoms with E-state index in [0.29, 0.717) is 6.79 Å². The van der Waals surface area contributed by atoms with Crippen LogP contribution in [0.5, 0.6) is 11.5 Å². The average molecular weight is 462 g/mol. The number of imidazole rings is 1. The lowest BCUT2D eigenvalue weighted by Gasteiger charge is -2.24. The minimum absolute atomic E-state index is 0.318. The first-order valence-corrected chi connectivity index (χ1v) is 13.0. The molecule has 3 aromatic rings. The molecule has 1 aromatic heterocycles. The predicted molar refractivity (Wildman–Crippen MR) is 138 cm³/mol. The maximum Gasteiger partial charge on any atom is 0.231 e. The summed E-state index contributed by atoms with van der Waals surface area (Å²) in [5.41, 5.74) is 3.74. The van der Waals surface area contributed by atoms with Gasteiger partial charge in [-0.2, -0.15) is 0 Å². The van der Waals surface area contributed by atoms with E-state index < -0.39 is 0 Å². The highest BCUT2D eigenvalue weighted by atomic mass is 16.7. The van der Waals surface area contributed by atoms with Crippen LogP contribution in [0.25, 0.3) is 11.4 Å². The Kier molecular flexibility index (Phi) is 9.03. The predicted octanol–water partition coefficient (Wildman–Crippen LogP) is 7.05. The molecular weight excluding hydrogens is 422 g/mol. The van der Waals surface area contributed by atoms with Gasteiger partial charge in [0.1, 0.15) is 5.82 Å². The molecule has 0 aliphatic carbocycles. The molecule has 5 heteroatoms. The van der Waals surface area contributed by atoms with Crippen molar-refractivity contribution >= 4 is 0 Å². The standard InChI is InChI=1S/C29H39N3O2/c1-3-5-7-8-12-17-31(21-24-15-16-27-28(19-24)34-23-33-27)22-26-20-30-29(32(26)18-6-4-2)25-13-10-9-11-14-25/h9-11,13-16,19-20H,3-8,12,17-18,21-23H2,1-2H3. The highest BCUT2D eigenvalue weighted by Crippen LogP contribution is 2.33. The fourth-order valence-electron chi connectivity index (χ4n) is 4.60. The Bertz CT molecular complexity index is 1020. The van der Waals surface area contributed by atoms with Crippen LogP contribution in [0.4, 0.5) is 0 Å². The number of hydrogen-bond donors (Lipinski definition) is 0. The highest BCUT2D eigenvalue weighted by Gasteiger charge is 2.17. The van der Waals surface area contributed by atoms with Crippen molar-refractivity contribution in [2.24, 2.45) is 0 Å². The minimum atomic E-state index is 0.318. The van der Waals surface area contributed by atoms with Crippen molar-refractivity contribution in [1.29, 1.82) is 0 Å². The zero-order valence-corrected chi connectivity index (χ0v) is 20.8. The SMILES string of the molecule is CCCCCCCN(Cc1ccc2c(c1)OCO2)Cc1cnc(-c2ccccc2)n1CCCC. The Morgan fingerprint density at radius 1 is 0.853 bits per heavy atom. The summed E-state index contributed by atoms with van der Waals surface area (Å²) in [7, 11) is 0. The Hall–Kier alpha value is -2.79. The van der Waals surface area contributed by atoms with Gasteiger partial charge >= 0.3 is 0 Å².